The summed E-state index contributed by atoms with van der Waals surface area (Å²) in [6.45, 7) is 3.68. The second-order valence-electron chi connectivity index (χ2n) is 4.49. The van der Waals surface area contributed by atoms with Gasteiger partial charge < -0.3 is 10.5 Å². The summed E-state index contributed by atoms with van der Waals surface area (Å²) in [7, 11) is 0. The molecule has 0 fully saturated rings. The largest absolute Gasteiger partial charge is 0.454 e. The minimum Gasteiger partial charge on any atom is -0.454 e. The second-order valence-corrected chi connectivity index (χ2v) is 4.93. The van der Waals surface area contributed by atoms with Gasteiger partial charge in [0.15, 0.2) is 11.6 Å². The highest BCUT2D eigenvalue weighted by atomic mass is 35.5. The number of rotatable bonds is 3. The van der Waals surface area contributed by atoms with E-state index in [0.717, 1.165) is 11.1 Å². The van der Waals surface area contributed by atoms with Gasteiger partial charge in [-0.3, -0.25) is 0 Å². The molecule has 0 aliphatic carbocycles. The highest BCUT2D eigenvalue weighted by Crippen LogP contribution is 2.30. The Bertz CT molecular complexity index is 599. The van der Waals surface area contributed by atoms with Crippen LogP contribution in [0.2, 0.25) is 5.02 Å². The third-order valence-electron chi connectivity index (χ3n) is 2.85. The molecule has 2 nitrogen and oxygen atoms in total. The Morgan fingerprint density at radius 1 is 1.16 bits per heavy atom. The smallest absolute Gasteiger partial charge is 0.166 e. The molecule has 0 bridgehead atoms. The summed E-state index contributed by atoms with van der Waals surface area (Å²) in [4.78, 5) is 0. The van der Waals surface area contributed by atoms with Gasteiger partial charge in [-0.25, -0.2) is 4.39 Å². The first-order valence-electron chi connectivity index (χ1n) is 5.96. The molecule has 4 heteroatoms. The third-order valence-corrected chi connectivity index (χ3v) is 3.09. The van der Waals surface area contributed by atoms with Crippen LogP contribution in [0.4, 0.5) is 4.39 Å². The number of hydrogen-bond donors (Lipinski definition) is 1. The van der Waals surface area contributed by atoms with Crippen molar-refractivity contribution in [2.45, 2.75) is 19.9 Å². The zero-order chi connectivity index (χ0) is 14.0. The topological polar surface area (TPSA) is 35.2 Å². The minimum absolute atomic E-state index is 0.162. The normalized spacial score (nSPS) is 12.3. The van der Waals surface area contributed by atoms with Crippen LogP contribution >= 0.6 is 11.6 Å². The highest BCUT2D eigenvalue weighted by molar-refractivity contribution is 6.30. The van der Waals surface area contributed by atoms with Crippen LogP contribution in [0.15, 0.2) is 36.4 Å². The molecule has 0 saturated carbocycles. The minimum atomic E-state index is -0.436. The number of halogens is 2. The summed E-state index contributed by atoms with van der Waals surface area (Å²) < 4.78 is 19.5. The molecule has 0 unspecified atom stereocenters. The van der Waals surface area contributed by atoms with Crippen molar-refractivity contribution in [2.24, 2.45) is 5.73 Å². The first-order valence-corrected chi connectivity index (χ1v) is 6.34. The van der Waals surface area contributed by atoms with Gasteiger partial charge in [-0.05, 0) is 49.2 Å². The van der Waals surface area contributed by atoms with Gasteiger partial charge in [0, 0.05) is 11.1 Å². The fraction of sp³-hybridized carbons (Fsp3) is 0.200. The maximum Gasteiger partial charge on any atom is 0.166 e. The first-order chi connectivity index (χ1) is 8.97. The Morgan fingerprint density at radius 3 is 2.53 bits per heavy atom. The number of aryl methyl sites for hydroxylation is 1. The van der Waals surface area contributed by atoms with E-state index in [9.17, 15) is 4.39 Å². The van der Waals surface area contributed by atoms with Crippen LogP contribution in [0.1, 0.15) is 24.1 Å². The highest BCUT2D eigenvalue weighted by Gasteiger charge is 2.10. The molecule has 100 valence electrons. The van der Waals surface area contributed by atoms with Gasteiger partial charge in [-0.15, -0.1) is 0 Å². The molecule has 0 aliphatic rings. The van der Waals surface area contributed by atoms with E-state index in [0.29, 0.717) is 10.8 Å². The molecular formula is C15H15ClFNO. The first kappa shape index (κ1) is 13.8. The van der Waals surface area contributed by atoms with E-state index < -0.39 is 5.82 Å². The number of nitrogens with two attached hydrogens (primary N) is 1. The Morgan fingerprint density at radius 2 is 1.89 bits per heavy atom. The second kappa shape index (κ2) is 5.59. The zero-order valence-corrected chi connectivity index (χ0v) is 11.5. The van der Waals surface area contributed by atoms with Crippen molar-refractivity contribution in [1.82, 2.24) is 0 Å². The average molecular weight is 280 g/mol. The fourth-order valence-electron chi connectivity index (χ4n) is 1.69. The van der Waals surface area contributed by atoms with Crippen LogP contribution in [0.5, 0.6) is 11.5 Å². The van der Waals surface area contributed by atoms with E-state index in [1.54, 1.807) is 31.2 Å². The number of hydrogen-bond acceptors (Lipinski definition) is 2. The lowest BCUT2D eigenvalue weighted by Crippen LogP contribution is -2.05. The summed E-state index contributed by atoms with van der Waals surface area (Å²) in [5.74, 6) is 0.267. The van der Waals surface area contributed by atoms with Crippen LogP contribution in [0.3, 0.4) is 0 Å². The standard InChI is InChI=1S/C15H15ClFNO/c1-9-3-5-12(16)8-15(9)19-14-6-4-11(10(2)18)7-13(14)17/h3-8,10H,18H2,1-2H3/t10-/m1/s1. The third kappa shape index (κ3) is 3.25. The molecular weight excluding hydrogens is 265 g/mol. The van der Waals surface area contributed by atoms with E-state index in [2.05, 4.69) is 0 Å². The molecule has 0 amide bonds. The van der Waals surface area contributed by atoms with E-state index in [-0.39, 0.29) is 11.8 Å². The van der Waals surface area contributed by atoms with Crippen LogP contribution in [-0.4, -0.2) is 0 Å². The lowest BCUT2D eigenvalue weighted by molar-refractivity contribution is 0.438. The number of benzene rings is 2. The van der Waals surface area contributed by atoms with Crippen molar-refractivity contribution in [3.63, 3.8) is 0 Å². The fourth-order valence-corrected chi connectivity index (χ4v) is 1.85. The van der Waals surface area contributed by atoms with Gasteiger partial charge >= 0.3 is 0 Å². The van der Waals surface area contributed by atoms with Crippen molar-refractivity contribution in [1.29, 1.82) is 0 Å². The average Bonchev–Trinajstić information content (AvgIpc) is 2.36. The lowest BCUT2D eigenvalue weighted by Gasteiger charge is -2.12. The predicted octanol–water partition coefficient (Wildman–Crippen LogP) is 4.60. The number of ether oxygens (including phenoxy) is 1. The Hall–Kier alpha value is -1.58. The van der Waals surface area contributed by atoms with Crippen molar-refractivity contribution < 1.29 is 9.13 Å². The molecule has 0 spiro atoms. The molecule has 0 radical (unpaired) electrons. The van der Waals surface area contributed by atoms with Gasteiger partial charge in [0.2, 0.25) is 0 Å². The molecule has 0 heterocycles. The SMILES string of the molecule is Cc1ccc(Cl)cc1Oc1ccc([C@@H](C)N)cc1F. The van der Waals surface area contributed by atoms with Gasteiger partial charge in [-0.1, -0.05) is 23.7 Å². The summed E-state index contributed by atoms with van der Waals surface area (Å²) >= 11 is 5.90. The van der Waals surface area contributed by atoms with E-state index in [4.69, 9.17) is 22.1 Å². The summed E-state index contributed by atoms with van der Waals surface area (Å²) in [5, 5.41) is 0.549. The molecule has 0 aliphatic heterocycles. The van der Waals surface area contributed by atoms with Crippen LogP contribution in [-0.2, 0) is 0 Å². The quantitative estimate of drug-likeness (QED) is 0.891. The molecule has 2 aromatic rings. The molecule has 2 aromatic carbocycles. The van der Waals surface area contributed by atoms with Crippen LogP contribution in [0, 0.1) is 12.7 Å². The van der Waals surface area contributed by atoms with E-state index in [1.165, 1.54) is 6.07 Å². The van der Waals surface area contributed by atoms with Gasteiger partial charge in [0.1, 0.15) is 5.75 Å². The predicted molar refractivity (Wildman–Crippen MR) is 75.3 cm³/mol. The van der Waals surface area contributed by atoms with Crippen LogP contribution < -0.4 is 10.5 Å². The molecule has 0 saturated heterocycles. The summed E-state index contributed by atoms with van der Waals surface area (Å²) in [5.41, 5.74) is 7.32. The lowest BCUT2D eigenvalue weighted by atomic mass is 10.1. The molecule has 2 N–H and O–H groups in total. The van der Waals surface area contributed by atoms with Crippen molar-refractivity contribution in [3.05, 3.63) is 58.4 Å². The van der Waals surface area contributed by atoms with Crippen LogP contribution in [0.25, 0.3) is 0 Å². The maximum atomic E-state index is 13.9. The van der Waals surface area contributed by atoms with Crippen molar-refractivity contribution in [2.75, 3.05) is 0 Å². The monoisotopic (exact) mass is 279 g/mol. The van der Waals surface area contributed by atoms with Gasteiger partial charge in [0.25, 0.3) is 0 Å². The van der Waals surface area contributed by atoms with E-state index in [1.807, 2.05) is 13.0 Å². The zero-order valence-electron chi connectivity index (χ0n) is 10.8. The molecule has 1 atom stereocenters. The van der Waals surface area contributed by atoms with Gasteiger partial charge in [-0.2, -0.15) is 0 Å². The summed E-state index contributed by atoms with van der Waals surface area (Å²) in [6, 6.07) is 9.76. The summed E-state index contributed by atoms with van der Waals surface area (Å²) in [6.07, 6.45) is 0. The molecule has 19 heavy (non-hydrogen) atoms. The van der Waals surface area contributed by atoms with Crippen molar-refractivity contribution in [3.8, 4) is 11.5 Å². The Labute approximate surface area is 117 Å². The Balaban J connectivity index is 2.31. The Kier molecular flexibility index (Phi) is 4.08. The molecule has 0 aromatic heterocycles. The maximum absolute atomic E-state index is 13.9. The van der Waals surface area contributed by atoms with E-state index >= 15 is 0 Å². The van der Waals surface area contributed by atoms with Crippen molar-refractivity contribution >= 4 is 11.6 Å². The molecule has 2 rings (SSSR count). The van der Waals surface area contributed by atoms with Gasteiger partial charge in [0.05, 0.1) is 0 Å².